The summed E-state index contributed by atoms with van der Waals surface area (Å²) in [6.07, 6.45) is 6.80. The lowest BCUT2D eigenvalue weighted by atomic mass is 10.1. The Hall–Kier alpha value is -2.16. The number of anilines is 1. The molecule has 0 spiro atoms. The second-order valence-electron chi connectivity index (χ2n) is 3.88. The van der Waals surface area contributed by atoms with E-state index in [2.05, 4.69) is 15.3 Å². The molecular weight excluding hydrogens is 232 g/mol. The summed E-state index contributed by atoms with van der Waals surface area (Å²) >= 11 is 0. The van der Waals surface area contributed by atoms with E-state index >= 15 is 0 Å². The van der Waals surface area contributed by atoms with Crippen LogP contribution >= 0.6 is 0 Å². The van der Waals surface area contributed by atoms with Crippen molar-refractivity contribution in [1.82, 2.24) is 9.97 Å². The van der Waals surface area contributed by atoms with Crippen LogP contribution in [0.5, 0.6) is 0 Å². The van der Waals surface area contributed by atoms with E-state index in [0.29, 0.717) is 11.5 Å². The number of unbranched alkanes of at least 4 members (excludes halogenated alkanes) is 3. The molecule has 0 fully saturated rings. The predicted octanol–water partition coefficient (Wildman–Crippen LogP) is 1.80. The largest absolute Gasteiger partial charge is 0.481 e. The van der Waals surface area contributed by atoms with Crippen LogP contribution in [-0.4, -0.2) is 27.6 Å². The monoisotopic (exact) mass is 248 g/mol. The summed E-state index contributed by atoms with van der Waals surface area (Å²) in [7, 11) is 0. The number of aromatic nitrogens is 2. The molecule has 18 heavy (non-hydrogen) atoms. The zero-order chi connectivity index (χ0) is 13.2. The van der Waals surface area contributed by atoms with Crippen LogP contribution in [-0.2, 0) is 4.79 Å². The second kappa shape index (κ2) is 8.01. The Kier molecular flexibility index (Phi) is 6.19. The molecule has 96 valence electrons. The molecule has 0 aromatic carbocycles. The Balaban J connectivity index is 2.07. The van der Waals surface area contributed by atoms with Gasteiger partial charge in [-0.3, -0.25) is 4.79 Å². The van der Waals surface area contributed by atoms with Crippen LogP contribution in [0.4, 0.5) is 5.82 Å². The van der Waals surface area contributed by atoms with Gasteiger partial charge in [0.15, 0.2) is 5.69 Å². The second-order valence-corrected chi connectivity index (χ2v) is 3.88. The summed E-state index contributed by atoms with van der Waals surface area (Å²) in [5.74, 6) is -0.0829. The molecule has 0 saturated heterocycles. The Morgan fingerprint density at radius 2 is 2.06 bits per heavy atom. The number of carbonyl (C=O) groups is 1. The van der Waals surface area contributed by atoms with Crippen molar-refractivity contribution in [2.24, 2.45) is 0 Å². The normalized spacial score (nSPS) is 9.72. The number of rotatable bonds is 8. The van der Waals surface area contributed by atoms with Crippen molar-refractivity contribution >= 4 is 11.8 Å². The Morgan fingerprint density at radius 1 is 1.28 bits per heavy atom. The van der Waals surface area contributed by atoms with Gasteiger partial charge in [0.2, 0.25) is 0 Å². The van der Waals surface area contributed by atoms with Crippen molar-refractivity contribution in [2.75, 3.05) is 11.9 Å². The highest BCUT2D eigenvalue weighted by Crippen LogP contribution is 2.05. The van der Waals surface area contributed by atoms with Gasteiger partial charge in [-0.25, -0.2) is 9.97 Å². The minimum absolute atomic E-state index is 0.245. The average Bonchev–Trinajstić information content (AvgIpc) is 2.38. The van der Waals surface area contributed by atoms with Crippen molar-refractivity contribution in [3.05, 3.63) is 18.1 Å². The molecule has 0 atom stereocenters. The van der Waals surface area contributed by atoms with Crippen LogP contribution in [0, 0.1) is 11.3 Å². The van der Waals surface area contributed by atoms with Crippen LogP contribution in [0.25, 0.3) is 0 Å². The molecule has 0 unspecified atom stereocenters. The van der Waals surface area contributed by atoms with Gasteiger partial charge < -0.3 is 10.4 Å². The number of nitrogens with zero attached hydrogens (tertiary/aromatic N) is 3. The number of carboxylic acids is 1. The molecule has 0 aliphatic heterocycles. The smallest absolute Gasteiger partial charge is 0.303 e. The predicted molar refractivity (Wildman–Crippen MR) is 66.0 cm³/mol. The van der Waals surface area contributed by atoms with E-state index in [1.54, 1.807) is 0 Å². The van der Waals surface area contributed by atoms with Gasteiger partial charge in [-0.05, 0) is 12.8 Å². The van der Waals surface area contributed by atoms with Gasteiger partial charge in [-0.2, -0.15) is 5.26 Å². The molecule has 1 aromatic rings. The van der Waals surface area contributed by atoms with Gasteiger partial charge in [0.1, 0.15) is 11.9 Å². The zero-order valence-electron chi connectivity index (χ0n) is 10.1. The Labute approximate surface area is 106 Å². The summed E-state index contributed by atoms with van der Waals surface area (Å²) in [5.41, 5.74) is 0.300. The van der Waals surface area contributed by atoms with Gasteiger partial charge in [0.05, 0.1) is 12.4 Å². The van der Waals surface area contributed by atoms with Gasteiger partial charge >= 0.3 is 5.97 Å². The summed E-state index contributed by atoms with van der Waals surface area (Å²) in [6.45, 7) is 0.771. The molecule has 0 radical (unpaired) electrons. The van der Waals surface area contributed by atoms with Crippen LogP contribution in [0.1, 0.15) is 37.8 Å². The van der Waals surface area contributed by atoms with Crippen LogP contribution in [0.15, 0.2) is 12.4 Å². The summed E-state index contributed by atoms with van der Waals surface area (Å²) in [6, 6.07) is 1.90. The fourth-order valence-electron chi connectivity index (χ4n) is 1.45. The molecule has 0 bridgehead atoms. The minimum atomic E-state index is -0.735. The maximum Gasteiger partial charge on any atom is 0.303 e. The first kappa shape index (κ1) is 13.9. The molecule has 0 aliphatic carbocycles. The van der Waals surface area contributed by atoms with E-state index in [1.807, 2.05) is 6.07 Å². The first-order chi connectivity index (χ1) is 8.72. The Bertz CT molecular complexity index is 411. The maximum atomic E-state index is 10.3. The highest BCUT2D eigenvalue weighted by molar-refractivity contribution is 5.66. The van der Waals surface area contributed by atoms with Crippen molar-refractivity contribution < 1.29 is 9.90 Å². The fraction of sp³-hybridized carbons (Fsp3) is 0.500. The molecular formula is C12H16N4O2. The number of carboxylic acid groups (broad SMARTS) is 1. The van der Waals surface area contributed by atoms with E-state index in [4.69, 9.17) is 10.4 Å². The van der Waals surface area contributed by atoms with E-state index < -0.39 is 5.97 Å². The SMILES string of the molecule is N#Cc1cnc(NCCCCCCC(=O)O)cn1. The zero-order valence-corrected chi connectivity index (χ0v) is 10.1. The molecule has 0 aliphatic rings. The topological polar surface area (TPSA) is 98.9 Å². The quantitative estimate of drug-likeness (QED) is 0.680. The number of hydrogen-bond acceptors (Lipinski definition) is 5. The van der Waals surface area contributed by atoms with Gasteiger partial charge in [-0.1, -0.05) is 12.8 Å². The third-order valence-electron chi connectivity index (χ3n) is 2.39. The average molecular weight is 248 g/mol. The molecule has 0 saturated carbocycles. The lowest BCUT2D eigenvalue weighted by Gasteiger charge is -2.04. The van der Waals surface area contributed by atoms with E-state index in [0.717, 1.165) is 32.2 Å². The van der Waals surface area contributed by atoms with Crippen LogP contribution < -0.4 is 5.32 Å². The van der Waals surface area contributed by atoms with E-state index in [9.17, 15) is 4.79 Å². The lowest BCUT2D eigenvalue weighted by molar-refractivity contribution is -0.137. The van der Waals surface area contributed by atoms with Crippen molar-refractivity contribution in [2.45, 2.75) is 32.1 Å². The first-order valence-electron chi connectivity index (χ1n) is 5.90. The molecule has 1 heterocycles. The standard InChI is InChI=1S/C12H16N4O2/c13-7-10-8-16-11(9-15-10)14-6-4-2-1-3-5-12(17)18/h8-9H,1-6H2,(H,14,16)(H,17,18). The molecule has 0 amide bonds. The number of aliphatic carboxylic acids is 1. The number of nitrogens with one attached hydrogen (secondary N) is 1. The maximum absolute atomic E-state index is 10.3. The fourth-order valence-corrected chi connectivity index (χ4v) is 1.45. The molecule has 2 N–H and O–H groups in total. The van der Waals surface area contributed by atoms with Crippen molar-refractivity contribution in [1.29, 1.82) is 5.26 Å². The van der Waals surface area contributed by atoms with Crippen LogP contribution in [0.3, 0.4) is 0 Å². The van der Waals surface area contributed by atoms with Crippen molar-refractivity contribution in [3.8, 4) is 6.07 Å². The first-order valence-corrected chi connectivity index (χ1v) is 5.90. The third kappa shape index (κ3) is 5.80. The van der Waals surface area contributed by atoms with Gasteiger partial charge in [0.25, 0.3) is 0 Å². The Morgan fingerprint density at radius 3 is 2.67 bits per heavy atom. The highest BCUT2D eigenvalue weighted by Gasteiger charge is 1.98. The number of hydrogen-bond donors (Lipinski definition) is 2. The van der Waals surface area contributed by atoms with Gasteiger partial charge in [-0.15, -0.1) is 0 Å². The summed E-state index contributed by atoms with van der Waals surface area (Å²) in [5, 5.41) is 20.1. The van der Waals surface area contributed by atoms with Crippen molar-refractivity contribution in [3.63, 3.8) is 0 Å². The van der Waals surface area contributed by atoms with Crippen LogP contribution in [0.2, 0.25) is 0 Å². The molecule has 1 aromatic heterocycles. The highest BCUT2D eigenvalue weighted by atomic mass is 16.4. The third-order valence-corrected chi connectivity index (χ3v) is 2.39. The van der Waals surface area contributed by atoms with Gasteiger partial charge in [0, 0.05) is 13.0 Å². The van der Waals surface area contributed by atoms with E-state index in [-0.39, 0.29) is 6.42 Å². The minimum Gasteiger partial charge on any atom is -0.481 e. The lowest BCUT2D eigenvalue weighted by Crippen LogP contribution is -2.04. The number of nitriles is 1. The molecule has 6 nitrogen and oxygen atoms in total. The molecule has 6 heteroatoms. The van der Waals surface area contributed by atoms with E-state index in [1.165, 1.54) is 12.4 Å². The molecule has 1 rings (SSSR count). The summed E-state index contributed by atoms with van der Waals surface area (Å²) in [4.78, 5) is 18.2. The summed E-state index contributed by atoms with van der Waals surface area (Å²) < 4.78 is 0.